The van der Waals surface area contributed by atoms with Crippen LogP contribution in [-0.4, -0.2) is 17.1 Å². The Kier molecular flexibility index (Phi) is 3.31. The van der Waals surface area contributed by atoms with Crippen LogP contribution in [0.1, 0.15) is 4.88 Å². The third-order valence-electron chi connectivity index (χ3n) is 2.98. The second kappa shape index (κ2) is 5.11. The summed E-state index contributed by atoms with van der Waals surface area (Å²) in [7, 11) is 0. The standard InChI is InChI=1S/C14H12N2OS2/c17-13-11(15-14(18)16-13)8-10-6-7-12(19-10)9-4-2-1-3-5-9/h1-7,11H,8H2,(H2,15,16,17,18). The molecule has 1 aromatic carbocycles. The van der Waals surface area contributed by atoms with Gasteiger partial charge in [-0.2, -0.15) is 0 Å². The predicted octanol–water partition coefficient (Wildman–Crippen LogP) is 2.33. The summed E-state index contributed by atoms with van der Waals surface area (Å²) >= 11 is 6.64. The van der Waals surface area contributed by atoms with Gasteiger partial charge in [0.25, 0.3) is 0 Å². The van der Waals surface area contributed by atoms with E-state index in [9.17, 15) is 4.79 Å². The number of benzene rings is 1. The maximum atomic E-state index is 11.6. The first-order chi connectivity index (χ1) is 9.22. The summed E-state index contributed by atoms with van der Waals surface area (Å²) < 4.78 is 0. The van der Waals surface area contributed by atoms with Gasteiger partial charge in [0.2, 0.25) is 5.91 Å². The topological polar surface area (TPSA) is 41.1 Å². The van der Waals surface area contributed by atoms with Crippen molar-refractivity contribution in [2.24, 2.45) is 0 Å². The fraction of sp³-hybridized carbons (Fsp3) is 0.143. The molecule has 1 saturated heterocycles. The number of thiocarbonyl (C=S) groups is 1. The number of amides is 1. The molecular formula is C14H12N2OS2. The number of carbonyl (C=O) groups excluding carboxylic acids is 1. The Bertz CT molecular complexity index is 621. The first kappa shape index (κ1) is 12.3. The maximum Gasteiger partial charge on any atom is 0.249 e. The highest BCUT2D eigenvalue weighted by Crippen LogP contribution is 2.28. The quantitative estimate of drug-likeness (QED) is 0.852. The van der Waals surface area contributed by atoms with Gasteiger partial charge >= 0.3 is 0 Å². The van der Waals surface area contributed by atoms with Crippen LogP contribution in [0.3, 0.4) is 0 Å². The average molecular weight is 288 g/mol. The van der Waals surface area contributed by atoms with Crippen LogP contribution in [0.2, 0.25) is 0 Å². The van der Waals surface area contributed by atoms with Crippen molar-refractivity contribution in [1.29, 1.82) is 0 Å². The molecule has 0 radical (unpaired) electrons. The van der Waals surface area contributed by atoms with Crippen LogP contribution in [0, 0.1) is 0 Å². The molecule has 1 aromatic heterocycles. The third kappa shape index (κ3) is 2.67. The van der Waals surface area contributed by atoms with Crippen LogP contribution in [-0.2, 0) is 11.2 Å². The van der Waals surface area contributed by atoms with E-state index in [0.717, 1.165) is 0 Å². The van der Waals surface area contributed by atoms with Gasteiger partial charge in [0.15, 0.2) is 5.11 Å². The zero-order valence-corrected chi connectivity index (χ0v) is 11.7. The zero-order chi connectivity index (χ0) is 13.2. The summed E-state index contributed by atoms with van der Waals surface area (Å²) in [5.41, 5.74) is 1.21. The molecular weight excluding hydrogens is 276 g/mol. The van der Waals surface area contributed by atoms with Crippen LogP contribution in [0.5, 0.6) is 0 Å². The monoisotopic (exact) mass is 288 g/mol. The Balaban J connectivity index is 1.75. The molecule has 96 valence electrons. The van der Waals surface area contributed by atoms with E-state index >= 15 is 0 Å². The molecule has 1 fully saturated rings. The maximum absolute atomic E-state index is 11.6. The first-order valence-electron chi connectivity index (χ1n) is 5.98. The highest BCUT2D eigenvalue weighted by molar-refractivity contribution is 7.80. The van der Waals surface area contributed by atoms with E-state index in [0.29, 0.717) is 11.5 Å². The summed E-state index contributed by atoms with van der Waals surface area (Å²) in [4.78, 5) is 14.0. The highest BCUT2D eigenvalue weighted by atomic mass is 32.1. The molecule has 3 nitrogen and oxygen atoms in total. The Morgan fingerprint density at radius 3 is 2.63 bits per heavy atom. The largest absolute Gasteiger partial charge is 0.350 e. The second-order valence-electron chi connectivity index (χ2n) is 4.35. The van der Waals surface area contributed by atoms with Gasteiger partial charge in [-0.05, 0) is 29.9 Å². The van der Waals surface area contributed by atoms with Crippen molar-refractivity contribution >= 4 is 34.6 Å². The summed E-state index contributed by atoms with van der Waals surface area (Å²) in [6, 6.07) is 14.2. The molecule has 3 rings (SSSR count). The van der Waals surface area contributed by atoms with Crippen molar-refractivity contribution in [2.75, 3.05) is 0 Å². The van der Waals surface area contributed by atoms with Gasteiger partial charge in [-0.25, -0.2) is 0 Å². The summed E-state index contributed by atoms with van der Waals surface area (Å²) in [6.07, 6.45) is 0.670. The van der Waals surface area contributed by atoms with Gasteiger partial charge in [-0.1, -0.05) is 30.3 Å². The molecule has 1 aliphatic heterocycles. The minimum Gasteiger partial charge on any atom is -0.350 e. The van der Waals surface area contributed by atoms with E-state index in [1.165, 1.54) is 15.3 Å². The number of thiophene rings is 1. The SMILES string of the molecule is O=C1NC(=S)NC1Cc1ccc(-c2ccccc2)s1. The fourth-order valence-corrected chi connectivity index (χ4v) is 3.35. The Morgan fingerprint density at radius 2 is 1.95 bits per heavy atom. The fourth-order valence-electron chi connectivity index (χ4n) is 2.05. The van der Waals surface area contributed by atoms with Crippen molar-refractivity contribution in [3.63, 3.8) is 0 Å². The van der Waals surface area contributed by atoms with Crippen molar-refractivity contribution in [2.45, 2.75) is 12.5 Å². The first-order valence-corrected chi connectivity index (χ1v) is 7.20. The smallest absolute Gasteiger partial charge is 0.249 e. The van der Waals surface area contributed by atoms with E-state index in [1.807, 2.05) is 18.2 Å². The lowest BCUT2D eigenvalue weighted by atomic mass is 10.1. The molecule has 0 bridgehead atoms. The number of hydrogen-bond donors (Lipinski definition) is 2. The van der Waals surface area contributed by atoms with Crippen molar-refractivity contribution in [3.05, 3.63) is 47.3 Å². The van der Waals surface area contributed by atoms with Gasteiger partial charge in [0.05, 0.1) is 0 Å². The molecule has 2 heterocycles. The van der Waals surface area contributed by atoms with Crippen LogP contribution in [0.15, 0.2) is 42.5 Å². The Morgan fingerprint density at radius 1 is 1.16 bits per heavy atom. The molecule has 1 unspecified atom stereocenters. The average Bonchev–Trinajstić information content (AvgIpc) is 2.99. The number of hydrogen-bond acceptors (Lipinski definition) is 3. The van der Waals surface area contributed by atoms with Gasteiger partial charge in [0.1, 0.15) is 6.04 Å². The van der Waals surface area contributed by atoms with Crippen LogP contribution >= 0.6 is 23.6 Å². The lowest BCUT2D eigenvalue weighted by Crippen LogP contribution is -2.30. The predicted molar refractivity (Wildman–Crippen MR) is 81.1 cm³/mol. The molecule has 2 N–H and O–H groups in total. The molecule has 0 saturated carbocycles. The minimum atomic E-state index is -0.241. The van der Waals surface area contributed by atoms with E-state index in [2.05, 4.69) is 34.9 Å². The van der Waals surface area contributed by atoms with E-state index in [1.54, 1.807) is 11.3 Å². The molecule has 1 atom stereocenters. The van der Waals surface area contributed by atoms with E-state index in [-0.39, 0.29) is 11.9 Å². The van der Waals surface area contributed by atoms with Gasteiger partial charge in [0, 0.05) is 16.2 Å². The summed E-state index contributed by atoms with van der Waals surface area (Å²) in [5, 5.41) is 6.02. The van der Waals surface area contributed by atoms with E-state index in [4.69, 9.17) is 12.2 Å². The molecule has 2 aromatic rings. The normalized spacial score (nSPS) is 18.2. The van der Waals surface area contributed by atoms with Crippen LogP contribution in [0.25, 0.3) is 10.4 Å². The van der Waals surface area contributed by atoms with Crippen LogP contribution in [0.4, 0.5) is 0 Å². The van der Waals surface area contributed by atoms with Gasteiger partial charge in [-0.3, -0.25) is 4.79 Å². The van der Waals surface area contributed by atoms with Crippen molar-refractivity contribution in [3.8, 4) is 10.4 Å². The summed E-state index contributed by atoms with van der Waals surface area (Å²) in [6.45, 7) is 0. The Labute approximate surface area is 120 Å². The number of nitrogens with one attached hydrogen (secondary N) is 2. The minimum absolute atomic E-state index is 0.0420. The Hall–Kier alpha value is -1.72. The number of carbonyl (C=O) groups is 1. The van der Waals surface area contributed by atoms with Crippen molar-refractivity contribution in [1.82, 2.24) is 10.6 Å². The van der Waals surface area contributed by atoms with Gasteiger partial charge in [-0.15, -0.1) is 11.3 Å². The molecule has 0 spiro atoms. The lowest BCUT2D eigenvalue weighted by Gasteiger charge is -2.04. The lowest BCUT2D eigenvalue weighted by molar-refractivity contribution is -0.120. The number of rotatable bonds is 3. The molecule has 19 heavy (non-hydrogen) atoms. The highest BCUT2D eigenvalue weighted by Gasteiger charge is 2.27. The van der Waals surface area contributed by atoms with Gasteiger partial charge < -0.3 is 10.6 Å². The van der Waals surface area contributed by atoms with E-state index < -0.39 is 0 Å². The summed E-state index contributed by atoms with van der Waals surface area (Å²) in [5.74, 6) is -0.0420. The van der Waals surface area contributed by atoms with Crippen molar-refractivity contribution < 1.29 is 4.79 Å². The second-order valence-corrected chi connectivity index (χ2v) is 5.93. The molecule has 5 heteroatoms. The van der Waals surface area contributed by atoms with Crippen LogP contribution < -0.4 is 10.6 Å². The zero-order valence-electron chi connectivity index (χ0n) is 10.1. The third-order valence-corrected chi connectivity index (χ3v) is 4.36. The molecule has 1 amide bonds. The molecule has 1 aliphatic rings. The molecule has 0 aliphatic carbocycles.